The maximum Gasteiger partial charge on any atom is 0.255 e. The molecule has 130 valence electrons. The number of hydrogen-bond donors (Lipinski definition) is 1. The molecule has 2 heterocycles. The molecule has 0 aliphatic rings. The summed E-state index contributed by atoms with van der Waals surface area (Å²) in [5.74, 6) is 0.132. The zero-order valence-electron chi connectivity index (χ0n) is 15.2. The molecule has 0 saturated heterocycles. The summed E-state index contributed by atoms with van der Waals surface area (Å²) in [6.07, 6.45) is 0.635. The van der Waals surface area contributed by atoms with Crippen molar-refractivity contribution in [2.45, 2.75) is 60.0 Å². The van der Waals surface area contributed by atoms with E-state index in [-0.39, 0.29) is 23.6 Å². The molecule has 0 aliphatic carbocycles. The second-order valence-corrected chi connectivity index (χ2v) is 6.96. The molecule has 1 amide bonds. The SMILES string of the molecule is CCc1cc(=O)n(CC(=O)NC(C)(C)C)c(-n2nc(C)cc2C)n1. The van der Waals surface area contributed by atoms with Crippen LogP contribution in [0.3, 0.4) is 0 Å². The summed E-state index contributed by atoms with van der Waals surface area (Å²) in [4.78, 5) is 29.3. The zero-order chi connectivity index (χ0) is 18.1. The van der Waals surface area contributed by atoms with E-state index in [9.17, 15) is 9.59 Å². The van der Waals surface area contributed by atoms with Gasteiger partial charge in [0, 0.05) is 23.0 Å². The van der Waals surface area contributed by atoms with E-state index in [0.29, 0.717) is 18.1 Å². The van der Waals surface area contributed by atoms with Gasteiger partial charge in [-0.15, -0.1) is 0 Å². The van der Waals surface area contributed by atoms with Crippen molar-refractivity contribution in [1.82, 2.24) is 24.6 Å². The Balaban J connectivity index is 2.52. The Morgan fingerprint density at radius 1 is 1.25 bits per heavy atom. The van der Waals surface area contributed by atoms with Gasteiger partial charge < -0.3 is 5.32 Å². The monoisotopic (exact) mass is 331 g/mol. The molecule has 0 unspecified atom stereocenters. The summed E-state index contributed by atoms with van der Waals surface area (Å²) < 4.78 is 2.97. The summed E-state index contributed by atoms with van der Waals surface area (Å²) in [5.41, 5.74) is 1.74. The summed E-state index contributed by atoms with van der Waals surface area (Å²) in [7, 11) is 0. The number of hydrogen-bond acceptors (Lipinski definition) is 4. The average Bonchev–Trinajstić information content (AvgIpc) is 2.77. The number of nitrogens with zero attached hydrogens (tertiary/aromatic N) is 4. The van der Waals surface area contributed by atoms with Crippen LogP contribution in [0, 0.1) is 13.8 Å². The zero-order valence-corrected chi connectivity index (χ0v) is 15.2. The van der Waals surface area contributed by atoms with Gasteiger partial charge in [-0.1, -0.05) is 6.92 Å². The number of nitrogens with one attached hydrogen (secondary N) is 1. The summed E-state index contributed by atoms with van der Waals surface area (Å²) in [5, 5.41) is 7.27. The van der Waals surface area contributed by atoms with E-state index in [1.54, 1.807) is 4.68 Å². The predicted molar refractivity (Wildman–Crippen MR) is 92.4 cm³/mol. The molecular weight excluding hydrogens is 306 g/mol. The molecule has 1 N–H and O–H groups in total. The van der Waals surface area contributed by atoms with Crippen molar-refractivity contribution in [3.8, 4) is 5.95 Å². The lowest BCUT2D eigenvalue weighted by Crippen LogP contribution is -2.44. The summed E-state index contributed by atoms with van der Waals surface area (Å²) >= 11 is 0. The van der Waals surface area contributed by atoms with Crippen LogP contribution in [-0.2, 0) is 17.8 Å². The van der Waals surface area contributed by atoms with Crippen molar-refractivity contribution >= 4 is 5.91 Å². The van der Waals surface area contributed by atoms with Gasteiger partial charge in [0.1, 0.15) is 6.54 Å². The molecule has 24 heavy (non-hydrogen) atoms. The minimum Gasteiger partial charge on any atom is -0.350 e. The average molecular weight is 331 g/mol. The highest BCUT2D eigenvalue weighted by molar-refractivity contribution is 5.76. The standard InChI is InChI=1S/C17H25N5O2/c1-7-13-9-15(24)21(10-14(23)19-17(4,5)6)16(18-13)22-12(3)8-11(2)20-22/h8-9H,7,10H2,1-6H3,(H,19,23). The number of amides is 1. The van der Waals surface area contributed by atoms with E-state index in [4.69, 9.17) is 0 Å². The topological polar surface area (TPSA) is 81.8 Å². The van der Waals surface area contributed by atoms with Crippen molar-refractivity contribution < 1.29 is 4.79 Å². The van der Waals surface area contributed by atoms with Gasteiger partial charge in [-0.05, 0) is 47.1 Å². The van der Waals surface area contributed by atoms with Crippen LogP contribution >= 0.6 is 0 Å². The van der Waals surface area contributed by atoms with Crippen molar-refractivity contribution in [2.75, 3.05) is 0 Å². The lowest BCUT2D eigenvalue weighted by Gasteiger charge is -2.21. The first-order valence-electron chi connectivity index (χ1n) is 8.06. The molecule has 0 spiro atoms. The highest BCUT2D eigenvalue weighted by Gasteiger charge is 2.19. The quantitative estimate of drug-likeness (QED) is 0.921. The molecule has 2 rings (SSSR count). The van der Waals surface area contributed by atoms with Crippen LogP contribution in [0.15, 0.2) is 16.9 Å². The van der Waals surface area contributed by atoms with Gasteiger partial charge in [-0.3, -0.25) is 14.2 Å². The maximum atomic E-state index is 12.5. The fourth-order valence-corrected chi connectivity index (χ4v) is 2.46. The van der Waals surface area contributed by atoms with Crippen LogP contribution in [0.4, 0.5) is 0 Å². The molecule has 0 radical (unpaired) electrons. The van der Waals surface area contributed by atoms with E-state index >= 15 is 0 Å². The highest BCUT2D eigenvalue weighted by atomic mass is 16.2. The molecule has 2 aromatic rings. The van der Waals surface area contributed by atoms with Crippen LogP contribution in [-0.4, -0.2) is 30.8 Å². The van der Waals surface area contributed by atoms with Gasteiger partial charge >= 0.3 is 0 Å². The van der Waals surface area contributed by atoms with Gasteiger partial charge in [-0.2, -0.15) is 5.10 Å². The number of carbonyl (C=O) groups excluding carboxylic acids is 1. The molecule has 0 atom stereocenters. The first-order chi connectivity index (χ1) is 11.1. The largest absolute Gasteiger partial charge is 0.350 e. The van der Waals surface area contributed by atoms with Gasteiger partial charge in [0.05, 0.1) is 5.69 Å². The number of aryl methyl sites for hydroxylation is 3. The normalized spacial score (nSPS) is 11.6. The first-order valence-corrected chi connectivity index (χ1v) is 8.06. The van der Waals surface area contributed by atoms with Gasteiger partial charge in [0.15, 0.2) is 0 Å². The molecular formula is C17H25N5O2. The molecule has 7 heteroatoms. The van der Waals surface area contributed by atoms with Crippen molar-refractivity contribution in [3.63, 3.8) is 0 Å². The van der Waals surface area contributed by atoms with Crippen LogP contribution in [0.5, 0.6) is 0 Å². The minimum atomic E-state index is -0.365. The second-order valence-electron chi connectivity index (χ2n) is 6.96. The van der Waals surface area contributed by atoms with Crippen molar-refractivity contribution in [2.24, 2.45) is 0 Å². The highest BCUT2D eigenvalue weighted by Crippen LogP contribution is 2.10. The molecule has 0 fully saturated rings. The van der Waals surface area contributed by atoms with Crippen LogP contribution in [0.25, 0.3) is 5.95 Å². The third-order valence-corrected chi connectivity index (χ3v) is 3.42. The number of rotatable bonds is 4. The third kappa shape index (κ3) is 4.10. The maximum absolute atomic E-state index is 12.5. The fraction of sp³-hybridized carbons (Fsp3) is 0.529. The van der Waals surface area contributed by atoms with Gasteiger partial charge in [-0.25, -0.2) is 9.67 Å². The molecule has 0 aliphatic heterocycles. The Labute approximate surface area is 141 Å². The Morgan fingerprint density at radius 2 is 1.92 bits per heavy atom. The first kappa shape index (κ1) is 17.9. The van der Waals surface area contributed by atoms with E-state index in [0.717, 1.165) is 11.4 Å². The second kappa shape index (κ2) is 6.59. The Kier molecular flexibility index (Phi) is 4.91. The Bertz CT molecular complexity index is 811. The third-order valence-electron chi connectivity index (χ3n) is 3.42. The van der Waals surface area contributed by atoms with E-state index in [1.807, 2.05) is 47.6 Å². The molecule has 0 saturated carbocycles. The van der Waals surface area contributed by atoms with Gasteiger partial charge in [0.25, 0.3) is 5.56 Å². The van der Waals surface area contributed by atoms with E-state index < -0.39 is 0 Å². The predicted octanol–water partition coefficient (Wildman–Crippen LogP) is 1.52. The molecule has 0 aromatic carbocycles. The van der Waals surface area contributed by atoms with Crippen LogP contribution in [0.2, 0.25) is 0 Å². The molecule has 0 bridgehead atoms. The Morgan fingerprint density at radius 3 is 2.42 bits per heavy atom. The molecule has 2 aromatic heterocycles. The number of aromatic nitrogens is 4. The fourth-order valence-electron chi connectivity index (χ4n) is 2.46. The van der Waals surface area contributed by atoms with Crippen LogP contribution in [0.1, 0.15) is 44.8 Å². The lowest BCUT2D eigenvalue weighted by molar-refractivity contribution is -0.123. The van der Waals surface area contributed by atoms with Crippen molar-refractivity contribution in [3.05, 3.63) is 39.6 Å². The van der Waals surface area contributed by atoms with Crippen molar-refractivity contribution in [1.29, 1.82) is 0 Å². The van der Waals surface area contributed by atoms with Crippen LogP contribution < -0.4 is 10.9 Å². The minimum absolute atomic E-state index is 0.0964. The molecule has 7 nitrogen and oxygen atoms in total. The Hall–Kier alpha value is -2.44. The number of carbonyl (C=O) groups is 1. The smallest absolute Gasteiger partial charge is 0.255 e. The van der Waals surface area contributed by atoms with Gasteiger partial charge in [0.2, 0.25) is 11.9 Å². The summed E-state index contributed by atoms with van der Waals surface area (Å²) in [6, 6.07) is 3.38. The lowest BCUT2D eigenvalue weighted by atomic mass is 10.1. The van der Waals surface area contributed by atoms with E-state index in [2.05, 4.69) is 15.4 Å². The van der Waals surface area contributed by atoms with E-state index in [1.165, 1.54) is 10.6 Å². The summed E-state index contributed by atoms with van der Waals surface area (Å²) in [6.45, 7) is 11.3.